The first kappa shape index (κ1) is 19.2. The van der Waals surface area contributed by atoms with Crippen molar-refractivity contribution in [3.05, 3.63) is 35.4 Å². The molecule has 1 unspecified atom stereocenters. The van der Waals surface area contributed by atoms with E-state index in [1.54, 1.807) is 5.32 Å². The Morgan fingerprint density at radius 3 is 2.52 bits per heavy atom. The van der Waals surface area contributed by atoms with Gasteiger partial charge in [-0.3, -0.25) is 4.79 Å². The van der Waals surface area contributed by atoms with Crippen LogP contribution in [0.4, 0.5) is 22.0 Å². The zero-order valence-electron chi connectivity index (χ0n) is 12.0. The predicted molar refractivity (Wildman–Crippen MR) is 77.5 cm³/mol. The summed E-state index contributed by atoms with van der Waals surface area (Å²) in [6, 6.07) is 4.55. The molecule has 126 valence electrons. The van der Waals surface area contributed by atoms with Crippen molar-refractivity contribution in [2.45, 2.75) is 31.5 Å². The quantitative estimate of drug-likeness (QED) is 0.477. The zero-order chi connectivity index (χ0) is 17.7. The molecule has 1 aromatic carbocycles. The monoisotopic (exact) mass is 352 g/mol. The second-order valence-electron chi connectivity index (χ2n) is 4.79. The normalized spacial score (nSPS) is 13.1. The lowest BCUT2D eigenvalue weighted by Gasteiger charge is -2.16. The van der Waals surface area contributed by atoms with Crippen LogP contribution in [0.1, 0.15) is 30.5 Å². The first-order valence-electron chi connectivity index (χ1n) is 6.46. The van der Waals surface area contributed by atoms with Gasteiger partial charge in [-0.05, 0) is 30.3 Å². The molecule has 0 spiro atoms. The summed E-state index contributed by atoms with van der Waals surface area (Å²) >= 11 is 4.46. The number of isothiocyanates is 1. The zero-order valence-corrected chi connectivity index (χ0v) is 12.8. The van der Waals surface area contributed by atoms with Crippen LogP contribution in [0.2, 0.25) is 0 Å². The first-order valence-corrected chi connectivity index (χ1v) is 6.87. The Labute approximate surface area is 134 Å². The fourth-order valence-corrected chi connectivity index (χ4v) is 1.94. The van der Waals surface area contributed by atoms with Crippen LogP contribution in [0.25, 0.3) is 0 Å². The summed E-state index contributed by atoms with van der Waals surface area (Å²) < 4.78 is 62.9. The van der Waals surface area contributed by atoms with Gasteiger partial charge in [0.25, 0.3) is 5.92 Å². The molecular formula is C14H13F5N2OS. The number of thiocarbonyl (C=S) groups is 1. The standard InChI is InChI=1S/C14H13F5N2OS/c1-13(15,16)10-4-2-3-9(7-10)11(21-8-23)5-6-20-12(22)14(17,18)19/h2-4,7,11H,5-6H2,1H3,(H,20,22). The highest BCUT2D eigenvalue weighted by atomic mass is 32.1. The van der Waals surface area contributed by atoms with E-state index < -0.39 is 24.0 Å². The van der Waals surface area contributed by atoms with Gasteiger partial charge in [0.1, 0.15) is 0 Å². The Balaban J connectivity index is 2.84. The van der Waals surface area contributed by atoms with Crippen LogP contribution in [0.15, 0.2) is 29.3 Å². The third kappa shape index (κ3) is 6.03. The Bertz CT molecular complexity index is 606. The molecule has 0 aliphatic carbocycles. The Morgan fingerprint density at radius 1 is 1.35 bits per heavy atom. The summed E-state index contributed by atoms with van der Waals surface area (Å²) in [5.41, 5.74) is 0.0986. The van der Waals surface area contributed by atoms with Gasteiger partial charge in [-0.25, -0.2) is 13.8 Å². The van der Waals surface area contributed by atoms with Crippen LogP contribution in [0.3, 0.4) is 0 Å². The molecule has 0 radical (unpaired) electrons. The van der Waals surface area contributed by atoms with Crippen molar-refractivity contribution < 1.29 is 26.7 Å². The van der Waals surface area contributed by atoms with Gasteiger partial charge in [0.2, 0.25) is 0 Å². The molecule has 0 saturated heterocycles. The summed E-state index contributed by atoms with van der Waals surface area (Å²) in [5.74, 6) is -5.14. The van der Waals surface area contributed by atoms with Crippen LogP contribution < -0.4 is 5.32 Å². The number of hydrogen-bond acceptors (Lipinski definition) is 3. The number of halogens is 5. The molecule has 1 aromatic rings. The highest BCUT2D eigenvalue weighted by Crippen LogP contribution is 2.30. The molecule has 0 bridgehead atoms. The fourth-order valence-electron chi connectivity index (χ4n) is 1.81. The van der Waals surface area contributed by atoms with Gasteiger partial charge in [-0.2, -0.15) is 13.2 Å². The average molecular weight is 352 g/mol. The summed E-state index contributed by atoms with van der Waals surface area (Å²) in [4.78, 5) is 14.5. The molecule has 0 aliphatic rings. The Morgan fingerprint density at radius 2 is 2.00 bits per heavy atom. The number of alkyl halides is 5. The highest BCUT2D eigenvalue weighted by Gasteiger charge is 2.38. The van der Waals surface area contributed by atoms with Crippen LogP contribution in [-0.2, 0) is 10.7 Å². The largest absolute Gasteiger partial charge is 0.471 e. The minimum atomic E-state index is -4.98. The molecule has 0 aromatic heterocycles. The van der Waals surface area contributed by atoms with E-state index in [0.717, 1.165) is 6.92 Å². The SMILES string of the molecule is CC(F)(F)c1cccc(C(CCNC(=O)C(F)(F)F)N=C=S)c1. The van der Waals surface area contributed by atoms with Gasteiger partial charge in [0, 0.05) is 19.0 Å². The van der Waals surface area contributed by atoms with Crippen molar-refractivity contribution in [2.24, 2.45) is 4.99 Å². The predicted octanol–water partition coefficient (Wildman–Crippen LogP) is 4.01. The Hall–Kier alpha value is -1.86. The topological polar surface area (TPSA) is 41.5 Å². The van der Waals surface area contributed by atoms with E-state index in [2.05, 4.69) is 22.4 Å². The minimum Gasteiger partial charge on any atom is -0.348 e. The van der Waals surface area contributed by atoms with Crippen molar-refractivity contribution in [1.82, 2.24) is 5.32 Å². The molecule has 0 saturated carbocycles. The third-order valence-corrected chi connectivity index (χ3v) is 3.05. The number of carbonyl (C=O) groups is 1. The van der Waals surface area contributed by atoms with Crippen molar-refractivity contribution in [2.75, 3.05) is 6.54 Å². The second kappa shape index (κ2) is 7.61. The van der Waals surface area contributed by atoms with E-state index in [9.17, 15) is 26.7 Å². The maximum atomic E-state index is 13.3. The van der Waals surface area contributed by atoms with E-state index in [1.807, 2.05) is 0 Å². The molecule has 0 fully saturated rings. The first-order chi connectivity index (χ1) is 10.6. The van der Waals surface area contributed by atoms with E-state index in [4.69, 9.17) is 0 Å². The molecule has 1 atom stereocenters. The van der Waals surface area contributed by atoms with Crippen molar-refractivity contribution in [1.29, 1.82) is 0 Å². The van der Waals surface area contributed by atoms with Crippen molar-refractivity contribution in [3.8, 4) is 0 Å². The summed E-state index contributed by atoms with van der Waals surface area (Å²) in [6.07, 6.45) is -5.02. The average Bonchev–Trinajstić information content (AvgIpc) is 2.44. The number of carbonyl (C=O) groups excluding carboxylic acids is 1. The van der Waals surface area contributed by atoms with Crippen molar-refractivity contribution >= 4 is 23.3 Å². The van der Waals surface area contributed by atoms with Crippen molar-refractivity contribution in [3.63, 3.8) is 0 Å². The third-order valence-electron chi connectivity index (χ3n) is 2.95. The Kier molecular flexibility index (Phi) is 6.35. The fraction of sp³-hybridized carbons (Fsp3) is 0.429. The molecule has 3 nitrogen and oxygen atoms in total. The lowest BCUT2D eigenvalue weighted by molar-refractivity contribution is -0.173. The van der Waals surface area contributed by atoms with Gasteiger partial charge in [0.15, 0.2) is 0 Å². The van der Waals surface area contributed by atoms with E-state index in [1.165, 1.54) is 24.3 Å². The second-order valence-corrected chi connectivity index (χ2v) is 4.97. The maximum Gasteiger partial charge on any atom is 0.471 e. The summed E-state index contributed by atoms with van der Waals surface area (Å²) in [6.45, 7) is 0.392. The molecule has 9 heteroatoms. The number of aliphatic imine (C=N–C) groups is 1. The molecule has 1 rings (SSSR count). The van der Waals surface area contributed by atoms with Crippen LogP contribution in [0, 0.1) is 0 Å². The molecule has 1 N–H and O–H groups in total. The summed E-state index contributed by atoms with van der Waals surface area (Å²) in [5, 5.41) is 3.77. The number of nitrogens with one attached hydrogen (secondary N) is 1. The van der Waals surface area contributed by atoms with E-state index >= 15 is 0 Å². The smallest absolute Gasteiger partial charge is 0.348 e. The van der Waals surface area contributed by atoms with Crippen LogP contribution >= 0.6 is 12.2 Å². The van der Waals surface area contributed by atoms with Crippen LogP contribution in [0.5, 0.6) is 0 Å². The van der Waals surface area contributed by atoms with Gasteiger partial charge in [-0.1, -0.05) is 18.2 Å². The van der Waals surface area contributed by atoms with Gasteiger partial charge in [-0.15, -0.1) is 0 Å². The number of amides is 1. The number of benzene rings is 1. The highest BCUT2D eigenvalue weighted by molar-refractivity contribution is 7.78. The van der Waals surface area contributed by atoms with Gasteiger partial charge < -0.3 is 5.32 Å². The molecular weight excluding hydrogens is 339 g/mol. The van der Waals surface area contributed by atoms with Gasteiger partial charge >= 0.3 is 12.1 Å². The summed E-state index contributed by atoms with van der Waals surface area (Å²) in [7, 11) is 0. The van der Waals surface area contributed by atoms with Gasteiger partial charge in [0.05, 0.1) is 11.2 Å². The molecule has 0 aliphatic heterocycles. The number of rotatable bonds is 6. The maximum absolute atomic E-state index is 13.3. The van der Waals surface area contributed by atoms with E-state index in [-0.39, 0.29) is 18.5 Å². The minimum absolute atomic E-state index is 0.0375. The molecule has 1 amide bonds. The van der Waals surface area contributed by atoms with E-state index in [0.29, 0.717) is 5.56 Å². The lowest BCUT2D eigenvalue weighted by Crippen LogP contribution is -2.37. The van der Waals surface area contributed by atoms with Crippen LogP contribution in [-0.4, -0.2) is 23.8 Å². The molecule has 23 heavy (non-hydrogen) atoms. The number of hydrogen-bond donors (Lipinski definition) is 1. The lowest BCUT2D eigenvalue weighted by atomic mass is 9.99. The number of nitrogens with zero attached hydrogens (tertiary/aromatic N) is 1. The molecule has 0 heterocycles.